The van der Waals surface area contributed by atoms with Gasteiger partial charge in [0.2, 0.25) is 0 Å². The number of ether oxygens (including phenoxy) is 2. The number of piperazine rings is 1. The van der Waals surface area contributed by atoms with E-state index in [4.69, 9.17) is 20.9 Å². The van der Waals surface area contributed by atoms with Gasteiger partial charge in [0.05, 0.1) is 12.2 Å². The van der Waals surface area contributed by atoms with Gasteiger partial charge < -0.3 is 24.8 Å². The summed E-state index contributed by atoms with van der Waals surface area (Å²) < 4.78 is 59.0. The number of hydrogen-bond acceptors (Lipinski definition) is 8. The van der Waals surface area contributed by atoms with Crippen LogP contribution >= 0.6 is 0 Å². The molecule has 47 heavy (non-hydrogen) atoms. The molecule has 1 aliphatic carbocycles. The van der Waals surface area contributed by atoms with Crippen molar-refractivity contribution in [2.75, 3.05) is 51.3 Å². The summed E-state index contributed by atoms with van der Waals surface area (Å²) in [5.74, 6) is 1.18. The SMILES string of the molecule is C#Cc1cccc2cc(O)cc(-c3c(F)cc4c(N5CC6CCC(C5)N6)nc(OCC5(CN6C[C@@H](F)[C@@H](OC)C6)CC5)nc4c3F)c12. The van der Waals surface area contributed by atoms with E-state index in [9.17, 15) is 9.50 Å². The van der Waals surface area contributed by atoms with Crippen molar-refractivity contribution in [3.05, 3.63) is 53.6 Å². The number of nitrogens with zero attached hydrogens (tertiary/aromatic N) is 4. The van der Waals surface area contributed by atoms with E-state index in [1.807, 2.05) is 0 Å². The van der Waals surface area contributed by atoms with Gasteiger partial charge in [-0.3, -0.25) is 4.90 Å². The first-order valence-corrected chi connectivity index (χ1v) is 16.2. The van der Waals surface area contributed by atoms with Gasteiger partial charge in [0, 0.05) is 79.2 Å². The molecule has 4 aromatic rings. The first-order valence-electron chi connectivity index (χ1n) is 16.2. The van der Waals surface area contributed by atoms with Crippen molar-refractivity contribution in [2.24, 2.45) is 5.41 Å². The summed E-state index contributed by atoms with van der Waals surface area (Å²) in [7, 11) is 1.53. The minimum absolute atomic E-state index is 0.00533. The fourth-order valence-corrected chi connectivity index (χ4v) is 7.79. The Kier molecular flexibility index (Phi) is 7.43. The molecule has 3 aromatic carbocycles. The van der Waals surface area contributed by atoms with Crippen molar-refractivity contribution in [3.63, 3.8) is 0 Å². The minimum Gasteiger partial charge on any atom is -0.508 e. The Bertz CT molecular complexity index is 1920. The Hall–Kier alpha value is -4.11. The highest BCUT2D eigenvalue weighted by Gasteiger charge is 2.47. The number of aromatic hydroxyl groups is 1. The van der Waals surface area contributed by atoms with E-state index in [2.05, 4.69) is 26.0 Å². The van der Waals surface area contributed by atoms with Crippen LogP contribution in [0.3, 0.4) is 0 Å². The predicted octanol–water partition coefficient (Wildman–Crippen LogP) is 5.18. The number of likely N-dealkylation sites (tertiary alicyclic amines) is 1. The number of phenols is 1. The van der Waals surface area contributed by atoms with Gasteiger partial charge >= 0.3 is 6.01 Å². The summed E-state index contributed by atoms with van der Waals surface area (Å²) in [6.45, 7) is 3.05. The third-order valence-corrected chi connectivity index (χ3v) is 10.3. The Labute approximate surface area is 270 Å². The van der Waals surface area contributed by atoms with E-state index in [1.54, 1.807) is 18.2 Å². The number of hydrogen-bond donors (Lipinski definition) is 2. The number of benzene rings is 3. The van der Waals surface area contributed by atoms with Crippen LogP contribution in [-0.4, -0.2) is 90.8 Å². The lowest BCUT2D eigenvalue weighted by atomic mass is 9.93. The van der Waals surface area contributed by atoms with Crippen LogP contribution in [0.25, 0.3) is 32.8 Å². The fourth-order valence-electron chi connectivity index (χ4n) is 7.79. The van der Waals surface area contributed by atoms with Gasteiger partial charge in [-0.05, 0) is 55.3 Å². The molecule has 11 heteroatoms. The molecule has 8 nitrogen and oxygen atoms in total. The largest absolute Gasteiger partial charge is 0.508 e. The van der Waals surface area contributed by atoms with Crippen molar-refractivity contribution in [3.8, 4) is 35.2 Å². The fraction of sp³-hybridized carbons (Fsp3) is 0.444. The quantitative estimate of drug-likeness (QED) is 0.254. The second kappa shape index (κ2) is 11.5. The van der Waals surface area contributed by atoms with Gasteiger partial charge in [-0.15, -0.1) is 6.42 Å². The van der Waals surface area contributed by atoms with Crippen LogP contribution in [0, 0.1) is 29.4 Å². The molecule has 2 bridgehead atoms. The average Bonchev–Trinajstić information content (AvgIpc) is 3.61. The Balaban J connectivity index is 1.21. The summed E-state index contributed by atoms with van der Waals surface area (Å²) in [5, 5.41) is 15.4. The lowest BCUT2D eigenvalue weighted by Crippen LogP contribution is -2.51. The molecule has 1 aromatic heterocycles. The monoisotopic (exact) mass is 643 g/mol. The molecule has 4 atom stereocenters. The van der Waals surface area contributed by atoms with Crippen LogP contribution in [0.4, 0.5) is 19.0 Å². The van der Waals surface area contributed by atoms with E-state index in [-0.39, 0.29) is 57.9 Å². The topological polar surface area (TPSA) is 83.0 Å². The van der Waals surface area contributed by atoms with Crippen molar-refractivity contribution < 1.29 is 27.8 Å². The molecule has 3 aliphatic heterocycles. The number of fused-ring (bicyclic) bond motifs is 4. The molecule has 2 unspecified atom stereocenters. The molecule has 244 valence electrons. The Morgan fingerprint density at radius 2 is 1.87 bits per heavy atom. The van der Waals surface area contributed by atoms with Crippen molar-refractivity contribution >= 4 is 27.5 Å². The highest BCUT2D eigenvalue weighted by molar-refractivity contribution is 6.04. The highest BCUT2D eigenvalue weighted by atomic mass is 19.1. The Morgan fingerprint density at radius 3 is 2.57 bits per heavy atom. The number of terminal acetylenes is 1. The van der Waals surface area contributed by atoms with Gasteiger partial charge in [-0.25, -0.2) is 13.2 Å². The normalized spacial score (nSPS) is 25.0. The molecule has 0 amide bonds. The van der Waals surface area contributed by atoms with E-state index in [0.717, 1.165) is 25.7 Å². The van der Waals surface area contributed by atoms with Gasteiger partial charge in [0.1, 0.15) is 35.2 Å². The first-order chi connectivity index (χ1) is 22.7. The first kappa shape index (κ1) is 30.2. The van der Waals surface area contributed by atoms with Crippen LogP contribution in [0.5, 0.6) is 11.8 Å². The summed E-state index contributed by atoms with van der Waals surface area (Å²) in [5.41, 5.74) is -0.0129. The molecule has 2 N–H and O–H groups in total. The van der Waals surface area contributed by atoms with Gasteiger partial charge in [-0.1, -0.05) is 18.1 Å². The number of halogens is 3. The maximum atomic E-state index is 16.9. The van der Waals surface area contributed by atoms with Crippen LogP contribution in [-0.2, 0) is 4.74 Å². The van der Waals surface area contributed by atoms with Gasteiger partial charge in [0.15, 0.2) is 5.82 Å². The van der Waals surface area contributed by atoms with Crippen molar-refractivity contribution in [1.29, 1.82) is 0 Å². The van der Waals surface area contributed by atoms with Crippen LogP contribution < -0.4 is 15.0 Å². The van der Waals surface area contributed by atoms with E-state index < -0.39 is 23.9 Å². The number of nitrogens with one attached hydrogen (secondary N) is 1. The number of anilines is 1. The second-order valence-electron chi connectivity index (χ2n) is 13.6. The number of methoxy groups -OCH3 is 1. The number of aromatic nitrogens is 2. The summed E-state index contributed by atoms with van der Waals surface area (Å²) >= 11 is 0. The standard InChI is InChI=1S/C36H36F3N5O3/c1-3-20-5-4-6-21-11-24(45)12-25(30(20)21)31-27(37)13-26-33(32(31)39)41-35(42-34(26)44-14-22-7-8-23(15-44)40-22)47-19-36(9-10-36)18-43-16-28(38)29(17-43)46-2/h1,4-6,11-13,22-23,28-29,40,45H,7-10,14-19H2,2H3/t22?,23?,28-,29+/m1/s1. The van der Waals surface area contributed by atoms with Crippen LogP contribution in [0.1, 0.15) is 31.2 Å². The van der Waals surface area contributed by atoms with Crippen LogP contribution in [0.15, 0.2) is 36.4 Å². The zero-order valence-electron chi connectivity index (χ0n) is 26.1. The summed E-state index contributed by atoms with van der Waals surface area (Å²) in [4.78, 5) is 13.4. The highest BCUT2D eigenvalue weighted by Crippen LogP contribution is 2.47. The summed E-state index contributed by atoms with van der Waals surface area (Å²) in [6, 6.07) is 9.80. The lowest BCUT2D eigenvalue weighted by molar-refractivity contribution is 0.0612. The molecule has 4 aliphatic rings. The number of alkyl halides is 1. The molecule has 0 radical (unpaired) electrons. The smallest absolute Gasteiger partial charge is 0.319 e. The number of rotatable bonds is 8. The molecular weight excluding hydrogens is 607 g/mol. The third kappa shape index (κ3) is 5.42. The van der Waals surface area contributed by atoms with E-state index >= 15 is 8.78 Å². The molecule has 3 saturated heterocycles. The third-order valence-electron chi connectivity index (χ3n) is 10.3. The van der Waals surface area contributed by atoms with Gasteiger partial charge in [-0.2, -0.15) is 9.97 Å². The van der Waals surface area contributed by atoms with E-state index in [1.165, 1.54) is 25.3 Å². The van der Waals surface area contributed by atoms with Crippen molar-refractivity contribution in [2.45, 2.75) is 50.0 Å². The molecule has 4 heterocycles. The second-order valence-corrected chi connectivity index (χ2v) is 13.6. The lowest BCUT2D eigenvalue weighted by Gasteiger charge is -2.34. The van der Waals surface area contributed by atoms with Crippen LogP contribution in [0.2, 0.25) is 0 Å². The van der Waals surface area contributed by atoms with Crippen molar-refractivity contribution in [1.82, 2.24) is 20.2 Å². The molecular formula is C36H36F3N5O3. The molecule has 0 spiro atoms. The Morgan fingerprint density at radius 1 is 1.09 bits per heavy atom. The maximum absolute atomic E-state index is 16.9. The molecule has 8 rings (SSSR count). The van der Waals surface area contributed by atoms with E-state index in [0.29, 0.717) is 54.9 Å². The molecule has 4 fully saturated rings. The number of phenolic OH excluding ortho intramolecular Hbond substituents is 1. The predicted molar refractivity (Wildman–Crippen MR) is 173 cm³/mol. The average molecular weight is 644 g/mol. The molecule has 1 saturated carbocycles. The zero-order valence-corrected chi connectivity index (χ0v) is 26.1. The zero-order chi connectivity index (χ0) is 32.4. The van der Waals surface area contributed by atoms with Gasteiger partial charge in [0.25, 0.3) is 0 Å². The maximum Gasteiger partial charge on any atom is 0.319 e. The summed E-state index contributed by atoms with van der Waals surface area (Å²) in [6.07, 6.45) is 8.17. The minimum atomic E-state index is -1.03.